The molecule has 0 aliphatic heterocycles. The standard InChI is InChI=1S/C22H29N5O.HI/c1-4-23-21(25-16-22(3,28)18-10-6-5-7-11-18)24-13-12-19-15-27-14-8-9-17(2)20(27)26-19;/h5-11,14-15,28H,4,12-13,16H2,1-3H3,(H2,23,24,25);1H. The van der Waals surface area contributed by atoms with Crippen molar-refractivity contribution < 1.29 is 5.11 Å². The quantitative estimate of drug-likeness (QED) is 0.261. The number of rotatable bonds is 7. The van der Waals surface area contributed by atoms with Crippen molar-refractivity contribution in [2.45, 2.75) is 32.8 Å². The Morgan fingerprint density at radius 2 is 1.93 bits per heavy atom. The number of benzene rings is 1. The number of guanidine groups is 1. The number of halogens is 1. The van der Waals surface area contributed by atoms with Crippen molar-refractivity contribution in [1.29, 1.82) is 0 Å². The highest BCUT2D eigenvalue weighted by Gasteiger charge is 2.22. The lowest BCUT2D eigenvalue weighted by atomic mass is 9.96. The van der Waals surface area contributed by atoms with Crippen molar-refractivity contribution in [2.24, 2.45) is 4.99 Å². The average molecular weight is 507 g/mol. The molecule has 29 heavy (non-hydrogen) atoms. The van der Waals surface area contributed by atoms with E-state index in [0.717, 1.165) is 29.9 Å². The number of fused-ring (bicyclic) bond motifs is 1. The molecule has 0 aliphatic carbocycles. The van der Waals surface area contributed by atoms with Crippen LogP contribution in [0.15, 0.2) is 59.9 Å². The number of aliphatic hydroxyl groups is 1. The van der Waals surface area contributed by atoms with E-state index in [1.54, 1.807) is 6.92 Å². The molecular weight excluding hydrogens is 477 g/mol. The fourth-order valence-electron chi connectivity index (χ4n) is 3.10. The largest absolute Gasteiger partial charge is 0.384 e. The number of imidazole rings is 1. The van der Waals surface area contributed by atoms with E-state index in [1.807, 2.05) is 49.5 Å². The zero-order valence-electron chi connectivity index (χ0n) is 17.2. The van der Waals surface area contributed by atoms with Crippen LogP contribution in [0.2, 0.25) is 0 Å². The fraction of sp³-hybridized carbons (Fsp3) is 0.364. The smallest absolute Gasteiger partial charge is 0.191 e. The van der Waals surface area contributed by atoms with Crippen LogP contribution in [0.5, 0.6) is 0 Å². The SMILES string of the molecule is CCNC(=NCC(C)(O)c1ccccc1)NCCc1cn2cccc(C)c2n1.I. The number of hydrogen-bond donors (Lipinski definition) is 3. The lowest BCUT2D eigenvalue weighted by Crippen LogP contribution is -2.39. The topological polar surface area (TPSA) is 74.0 Å². The number of aryl methyl sites for hydroxylation is 1. The Kier molecular flexibility index (Phi) is 8.45. The summed E-state index contributed by atoms with van der Waals surface area (Å²) >= 11 is 0. The van der Waals surface area contributed by atoms with Gasteiger partial charge in [-0.2, -0.15) is 0 Å². The lowest BCUT2D eigenvalue weighted by Gasteiger charge is -2.22. The van der Waals surface area contributed by atoms with E-state index in [4.69, 9.17) is 4.98 Å². The van der Waals surface area contributed by atoms with Gasteiger partial charge in [0.25, 0.3) is 0 Å². The Labute approximate surface area is 189 Å². The van der Waals surface area contributed by atoms with Gasteiger partial charge in [0.2, 0.25) is 0 Å². The van der Waals surface area contributed by atoms with E-state index in [1.165, 1.54) is 5.56 Å². The molecule has 7 heteroatoms. The molecule has 0 aliphatic rings. The maximum atomic E-state index is 10.7. The van der Waals surface area contributed by atoms with Crippen LogP contribution in [-0.2, 0) is 12.0 Å². The Bertz CT molecular complexity index is 937. The number of aromatic nitrogens is 2. The minimum absolute atomic E-state index is 0. The van der Waals surface area contributed by atoms with Gasteiger partial charge in [-0.1, -0.05) is 36.4 Å². The Balaban J connectivity index is 0.00000300. The summed E-state index contributed by atoms with van der Waals surface area (Å²) in [4.78, 5) is 9.27. The first-order chi connectivity index (χ1) is 13.5. The number of nitrogens with one attached hydrogen (secondary N) is 2. The first-order valence-corrected chi connectivity index (χ1v) is 9.73. The maximum absolute atomic E-state index is 10.7. The minimum atomic E-state index is -1.01. The lowest BCUT2D eigenvalue weighted by molar-refractivity contribution is 0.0672. The van der Waals surface area contributed by atoms with Crippen LogP contribution in [-0.4, -0.2) is 40.1 Å². The van der Waals surface area contributed by atoms with Gasteiger partial charge in [0, 0.05) is 31.9 Å². The molecule has 0 saturated carbocycles. The van der Waals surface area contributed by atoms with Crippen LogP contribution in [0, 0.1) is 6.92 Å². The molecule has 3 aromatic rings. The molecule has 1 aromatic carbocycles. The van der Waals surface area contributed by atoms with Crippen molar-refractivity contribution in [3.8, 4) is 0 Å². The highest BCUT2D eigenvalue weighted by atomic mass is 127. The van der Waals surface area contributed by atoms with E-state index in [9.17, 15) is 5.11 Å². The number of pyridine rings is 1. The Morgan fingerprint density at radius 3 is 2.62 bits per heavy atom. The minimum Gasteiger partial charge on any atom is -0.384 e. The third kappa shape index (κ3) is 6.17. The van der Waals surface area contributed by atoms with E-state index in [0.29, 0.717) is 12.5 Å². The number of hydrogen-bond acceptors (Lipinski definition) is 3. The summed E-state index contributed by atoms with van der Waals surface area (Å²) in [5, 5.41) is 17.3. The highest BCUT2D eigenvalue weighted by molar-refractivity contribution is 14.0. The van der Waals surface area contributed by atoms with Gasteiger partial charge in [0.1, 0.15) is 11.2 Å². The molecule has 6 nitrogen and oxygen atoms in total. The van der Waals surface area contributed by atoms with Gasteiger partial charge in [-0.25, -0.2) is 9.98 Å². The van der Waals surface area contributed by atoms with Crippen molar-refractivity contribution in [3.63, 3.8) is 0 Å². The predicted octanol–water partition coefficient (Wildman–Crippen LogP) is 3.27. The van der Waals surface area contributed by atoms with Gasteiger partial charge in [-0.15, -0.1) is 24.0 Å². The fourth-order valence-corrected chi connectivity index (χ4v) is 3.10. The Hall–Kier alpha value is -2.13. The van der Waals surface area contributed by atoms with Crippen LogP contribution in [0.4, 0.5) is 0 Å². The summed E-state index contributed by atoms with van der Waals surface area (Å²) in [6.45, 7) is 7.62. The maximum Gasteiger partial charge on any atom is 0.191 e. The van der Waals surface area contributed by atoms with Gasteiger partial charge in [-0.3, -0.25) is 0 Å². The second-order valence-electron chi connectivity index (χ2n) is 7.17. The van der Waals surface area contributed by atoms with E-state index >= 15 is 0 Å². The summed E-state index contributed by atoms with van der Waals surface area (Å²) in [5.41, 5.74) is 3.04. The van der Waals surface area contributed by atoms with E-state index in [2.05, 4.69) is 39.2 Å². The molecule has 1 atom stereocenters. The van der Waals surface area contributed by atoms with Crippen LogP contribution in [0.1, 0.15) is 30.7 Å². The predicted molar refractivity (Wildman–Crippen MR) is 129 cm³/mol. The zero-order chi connectivity index (χ0) is 20.0. The van der Waals surface area contributed by atoms with Crippen molar-refractivity contribution in [1.82, 2.24) is 20.0 Å². The normalized spacial score (nSPS) is 13.6. The van der Waals surface area contributed by atoms with Crippen LogP contribution in [0.3, 0.4) is 0 Å². The van der Waals surface area contributed by atoms with Gasteiger partial charge in [0.15, 0.2) is 5.96 Å². The summed E-state index contributed by atoms with van der Waals surface area (Å²) in [7, 11) is 0. The molecular formula is C22H30IN5O. The third-order valence-electron chi connectivity index (χ3n) is 4.69. The molecule has 0 spiro atoms. The molecule has 1 unspecified atom stereocenters. The first-order valence-electron chi connectivity index (χ1n) is 9.73. The zero-order valence-corrected chi connectivity index (χ0v) is 19.6. The molecule has 3 N–H and O–H groups in total. The summed E-state index contributed by atoms with van der Waals surface area (Å²) in [6, 6.07) is 13.7. The van der Waals surface area contributed by atoms with Gasteiger partial charge < -0.3 is 20.1 Å². The second-order valence-corrected chi connectivity index (χ2v) is 7.17. The third-order valence-corrected chi connectivity index (χ3v) is 4.69. The molecule has 0 fully saturated rings. The van der Waals surface area contributed by atoms with Gasteiger partial charge >= 0.3 is 0 Å². The van der Waals surface area contributed by atoms with E-state index < -0.39 is 5.60 Å². The van der Waals surface area contributed by atoms with Crippen molar-refractivity contribution in [3.05, 3.63) is 71.7 Å². The number of nitrogens with zero attached hydrogens (tertiary/aromatic N) is 3. The van der Waals surface area contributed by atoms with Gasteiger partial charge in [-0.05, 0) is 38.0 Å². The number of aliphatic imine (C=N–C) groups is 1. The molecule has 2 heterocycles. The van der Waals surface area contributed by atoms with Crippen molar-refractivity contribution in [2.75, 3.05) is 19.6 Å². The van der Waals surface area contributed by atoms with Crippen LogP contribution in [0.25, 0.3) is 5.65 Å². The van der Waals surface area contributed by atoms with Crippen molar-refractivity contribution >= 4 is 35.6 Å². The molecule has 3 rings (SSSR count). The van der Waals surface area contributed by atoms with E-state index in [-0.39, 0.29) is 30.5 Å². The molecule has 0 amide bonds. The molecule has 0 bridgehead atoms. The first kappa shape index (κ1) is 23.2. The van der Waals surface area contributed by atoms with Crippen LogP contribution >= 0.6 is 24.0 Å². The molecule has 0 saturated heterocycles. The molecule has 0 radical (unpaired) electrons. The summed E-state index contributed by atoms with van der Waals surface area (Å²) in [5.74, 6) is 0.693. The highest BCUT2D eigenvalue weighted by Crippen LogP contribution is 2.20. The average Bonchev–Trinajstić information content (AvgIpc) is 3.11. The van der Waals surface area contributed by atoms with Gasteiger partial charge in [0.05, 0.1) is 12.2 Å². The summed E-state index contributed by atoms with van der Waals surface area (Å²) < 4.78 is 2.06. The second kappa shape index (κ2) is 10.6. The Morgan fingerprint density at radius 1 is 1.17 bits per heavy atom. The molecule has 156 valence electrons. The molecule has 2 aromatic heterocycles. The monoisotopic (exact) mass is 507 g/mol. The summed E-state index contributed by atoms with van der Waals surface area (Å²) in [6.07, 6.45) is 4.87. The van der Waals surface area contributed by atoms with Crippen LogP contribution < -0.4 is 10.6 Å².